The van der Waals surface area contributed by atoms with Crippen molar-refractivity contribution in [3.05, 3.63) is 0 Å². The van der Waals surface area contributed by atoms with Crippen LogP contribution in [0.2, 0.25) is 0 Å². The standard InChI is InChI=1S/C14H24N2O3/c1-3-5-6-8-12(17)15-14(19)11(4-2)16-10-7-9-13(16)18/h11H,3-10H2,1-2H3,(H,15,17,19). The first kappa shape index (κ1) is 15.7. The summed E-state index contributed by atoms with van der Waals surface area (Å²) in [4.78, 5) is 36.9. The minimum Gasteiger partial charge on any atom is -0.331 e. The second-order valence-electron chi connectivity index (χ2n) is 4.98. The SMILES string of the molecule is CCCCCC(=O)NC(=O)C(CC)N1CCCC1=O. The van der Waals surface area contributed by atoms with E-state index in [4.69, 9.17) is 0 Å². The van der Waals surface area contributed by atoms with Crippen LogP contribution in [0.4, 0.5) is 0 Å². The van der Waals surface area contributed by atoms with Crippen molar-refractivity contribution in [2.75, 3.05) is 6.54 Å². The van der Waals surface area contributed by atoms with Gasteiger partial charge in [-0.2, -0.15) is 0 Å². The van der Waals surface area contributed by atoms with E-state index in [2.05, 4.69) is 12.2 Å². The Morgan fingerprint density at radius 2 is 2.05 bits per heavy atom. The Bertz CT molecular complexity index is 342. The summed E-state index contributed by atoms with van der Waals surface area (Å²) < 4.78 is 0. The third kappa shape index (κ3) is 4.65. The van der Waals surface area contributed by atoms with Crippen molar-refractivity contribution in [3.8, 4) is 0 Å². The molecule has 1 unspecified atom stereocenters. The molecule has 1 heterocycles. The highest BCUT2D eigenvalue weighted by molar-refractivity contribution is 5.99. The van der Waals surface area contributed by atoms with Gasteiger partial charge in [-0.25, -0.2) is 0 Å². The number of carbonyl (C=O) groups is 3. The van der Waals surface area contributed by atoms with Crippen LogP contribution in [-0.2, 0) is 14.4 Å². The minimum atomic E-state index is -0.495. The first-order chi connectivity index (χ1) is 9.10. The average Bonchev–Trinajstić information content (AvgIpc) is 2.77. The van der Waals surface area contributed by atoms with E-state index in [1.165, 1.54) is 0 Å². The fraction of sp³-hybridized carbons (Fsp3) is 0.786. The maximum atomic E-state index is 12.0. The Hall–Kier alpha value is -1.39. The third-order valence-corrected chi connectivity index (χ3v) is 3.45. The minimum absolute atomic E-state index is 0.0143. The zero-order chi connectivity index (χ0) is 14.3. The highest BCUT2D eigenvalue weighted by Crippen LogP contribution is 2.15. The summed E-state index contributed by atoms with van der Waals surface area (Å²) in [5.41, 5.74) is 0. The number of amides is 3. The van der Waals surface area contributed by atoms with Crippen molar-refractivity contribution in [1.82, 2.24) is 10.2 Å². The van der Waals surface area contributed by atoms with Crippen molar-refractivity contribution in [1.29, 1.82) is 0 Å². The summed E-state index contributed by atoms with van der Waals surface area (Å²) in [5, 5.41) is 2.42. The van der Waals surface area contributed by atoms with Gasteiger partial charge in [-0.3, -0.25) is 19.7 Å². The Kier molecular flexibility index (Phi) is 6.53. The van der Waals surface area contributed by atoms with Gasteiger partial charge in [0.05, 0.1) is 0 Å². The van der Waals surface area contributed by atoms with Gasteiger partial charge in [0.15, 0.2) is 0 Å². The molecule has 3 amide bonds. The summed E-state index contributed by atoms with van der Waals surface area (Å²) in [6.45, 7) is 4.54. The fourth-order valence-electron chi connectivity index (χ4n) is 2.36. The number of hydrogen-bond acceptors (Lipinski definition) is 3. The second-order valence-corrected chi connectivity index (χ2v) is 4.98. The largest absolute Gasteiger partial charge is 0.331 e. The number of rotatable bonds is 7. The molecule has 0 bridgehead atoms. The predicted octanol–water partition coefficient (Wildman–Crippen LogP) is 1.61. The molecular weight excluding hydrogens is 244 g/mol. The van der Waals surface area contributed by atoms with Crippen molar-refractivity contribution in [2.45, 2.75) is 64.8 Å². The Morgan fingerprint density at radius 3 is 2.58 bits per heavy atom. The van der Waals surface area contributed by atoms with Crippen molar-refractivity contribution >= 4 is 17.7 Å². The van der Waals surface area contributed by atoms with E-state index in [-0.39, 0.29) is 17.7 Å². The average molecular weight is 268 g/mol. The molecule has 0 aliphatic carbocycles. The number of unbranched alkanes of at least 4 members (excludes halogenated alkanes) is 2. The lowest BCUT2D eigenvalue weighted by Crippen LogP contribution is -2.48. The van der Waals surface area contributed by atoms with Gasteiger partial charge in [0.1, 0.15) is 6.04 Å². The second kappa shape index (κ2) is 7.92. The molecule has 1 aliphatic rings. The number of likely N-dealkylation sites (tertiary alicyclic amines) is 1. The molecule has 1 fully saturated rings. The van der Waals surface area contributed by atoms with Gasteiger partial charge in [0, 0.05) is 19.4 Å². The number of imide groups is 1. The Morgan fingerprint density at radius 1 is 1.32 bits per heavy atom. The van der Waals surface area contributed by atoms with Crippen molar-refractivity contribution in [2.24, 2.45) is 0 Å². The monoisotopic (exact) mass is 268 g/mol. The molecule has 1 atom stereocenters. The van der Waals surface area contributed by atoms with Crippen LogP contribution in [0.1, 0.15) is 58.8 Å². The maximum Gasteiger partial charge on any atom is 0.249 e. The molecule has 0 spiro atoms. The molecule has 1 aliphatic heterocycles. The van der Waals surface area contributed by atoms with E-state index < -0.39 is 6.04 Å². The Labute approximate surface area is 114 Å². The van der Waals surface area contributed by atoms with Gasteiger partial charge in [-0.15, -0.1) is 0 Å². The summed E-state index contributed by atoms with van der Waals surface area (Å²) in [5.74, 6) is -0.553. The van der Waals surface area contributed by atoms with Gasteiger partial charge >= 0.3 is 0 Å². The molecule has 0 aromatic rings. The van der Waals surface area contributed by atoms with E-state index in [9.17, 15) is 14.4 Å². The van der Waals surface area contributed by atoms with Crippen LogP contribution in [0.15, 0.2) is 0 Å². The van der Waals surface area contributed by atoms with E-state index in [1.807, 2.05) is 6.92 Å². The van der Waals surface area contributed by atoms with Crippen LogP contribution in [0, 0.1) is 0 Å². The number of nitrogens with one attached hydrogen (secondary N) is 1. The molecule has 5 nitrogen and oxygen atoms in total. The summed E-state index contributed by atoms with van der Waals surface area (Å²) in [7, 11) is 0. The number of hydrogen-bond donors (Lipinski definition) is 1. The van der Waals surface area contributed by atoms with Crippen LogP contribution in [0.5, 0.6) is 0 Å². The van der Waals surface area contributed by atoms with Crippen LogP contribution in [0.25, 0.3) is 0 Å². The van der Waals surface area contributed by atoms with Crippen molar-refractivity contribution in [3.63, 3.8) is 0 Å². The highest BCUT2D eigenvalue weighted by atomic mass is 16.2. The Balaban J connectivity index is 2.45. The predicted molar refractivity (Wildman–Crippen MR) is 72.3 cm³/mol. The molecule has 1 N–H and O–H groups in total. The molecule has 0 saturated carbocycles. The third-order valence-electron chi connectivity index (χ3n) is 3.45. The van der Waals surface area contributed by atoms with Crippen LogP contribution >= 0.6 is 0 Å². The number of nitrogens with zero attached hydrogens (tertiary/aromatic N) is 1. The topological polar surface area (TPSA) is 66.5 Å². The fourth-order valence-corrected chi connectivity index (χ4v) is 2.36. The van der Waals surface area contributed by atoms with Gasteiger partial charge in [-0.1, -0.05) is 26.7 Å². The van der Waals surface area contributed by atoms with Crippen LogP contribution in [0.3, 0.4) is 0 Å². The van der Waals surface area contributed by atoms with E-state index in [0.717, 1.165) is 25.7 Å². The van der Waals surface area contributed by atoms with E-state index >= 15 is 0 Å². The molecule has 0 aromatic carbocycles. The lowest BCUT2D eigenvalue weighted by Gasteiger charge is -2.25. The van der Waals surface area contributed by atoms with Crippen molar-refractivity contribution < 1.29 is 14.4 Å². The maximum absolute atomic E-state index is 12.0. The molecule has 0 aromatic heterocycles. The molecule has 19 heavy (non-hydrogen) atoms. The van der Waals surface area contributed by atoms with Gasteiger partial charge in [0.2, 0.25) is 17.7 Å². The quantitative estimate of drug-likeness (QED) is 0.713. The zero-order valence-electron chi connectivity index (χ0n) is 11.9. The summed E-state index contributed by atoms with van der Waals surface area (Å²) in [6.07, 6.45) is 5.06. The molecule has 108 valence electrons. The molecule has 1 rings (SSSR count). The molecule has 1 saturated heterocycles. The zero-order valence-corrected chi connectivity index (χ0v) is 11.9. The summed E-state index contributed by atoms with van der Waals surface area (Å²) >= 11 is 0. The molecule has 5 heteroatoms. The van der Waals surface area contributed by atoms with Crippen LogP contribution in [-0.4, -0.2) is 35.2 Å². The van der Waals surface area contributed by atoms with Gasteiger partial charge in [-0.05, 0) is 19.3 Å². The smallest absolute Gasteiger partial charge is 0.249 e. The van der Waals surface area contributed by atoms with Gasteiger partial charge in [0.25, 0.3) is 0 Å². The lowest BCUT2D eigenvalue weighted by atomic mass is 10.1. The number of carbonyl (C=O) groups excluding carboxylic acids is 3. The first-order valence-electron chi connectivity index (χ1n) is 7.23. The first-order valence-corrected chi connectivity index (χ1v) is 7.23. The van der Waals surface area contributed by atoms with Crippen LogP contribution < -0.4 is 5.32 Å². The van der Waals surface area contributed by atoms with Gasteiger partial charge < -0.3 is 4.90 Å². The highest BCUT2D eigenvalue weighted by Gasteiger charge is 2.31. The normalized spacial score (nSPS) is 16.5. The molecule has 0 radical (unpaired) electrons. The molecular formula is C14H24N2O3. The lowest BCUT2D eigenvalue weighted by molar-refractivity contribution is -0.140. The van der Waals surface area contributed by atoms with E-state index in [0.29, 0.717) is 25.8 Å². The summed E-state index contributed by atoms with van der Waals surface area (Å²) in [6, 6.07) is -0.495. The van der Waals surface area contributed by atoms with E-state index in [1.54, 1.807) is 4.90 Å².